The number of piperazine rings is 1. The number of rotatable bonds is 10. The Morgan fingerprint density at radius 3 is 2.67 bits per heavy atom. The van der Waals surface area contributed by atoms with Crippen LogP contribution in [-0.2, 0) is 26.0 Å². The summed E-state index contributed by atoms with van der Waals surface area (Å²) in [5.41, 5.74) is 1.01. The number of carboxylic acid groups (broad SMARTS) is 1. The number of nitrogens with one attached hydrogen (secondary N) is 3. The summed E-state index contributed by atoms with van der Waals surface area (Å²) in [4.78, 5) is 26.0. The Bertz CT molecular complexity index is 1460. The average molecular weight is 649 g/mol. The molecule has 0 aromatic heterocycles. The molecule has 3 aliphatic rings. The molecule has 3 aliphatic heterocycles. The summed E-state index contributed by atoms with van der Waals surface area (Å²) < 4.78 is 62.5. The van der Waals surface area contributed by atoms with E-state index in [4.69, 9.17) is 4.74 Å². The summed E-state index contributed by atoms with van der Waals surface area (Å²) in [5.74, 6) is -2.39. The van der Waals surface area contributed by atoms with E-state index in [1.54, 1.807) is 18.2 Å². The Labute approximate surface area is 263 Å². The van der Waals surface area contributed by atoms with Crippen molar-refractivity contribution in [1.29, 1.82) is 0 Å². The van der Waals surface area contributed by atoms with E-state index in [0.717, 1.165) is 12.8 Å². The van der Waals surface area contributed by atoms with Gasteiger partial charge in [-0.2, -0.15) is 4.31 Å². The van der Waals surface area contributed by atoms with Gasteiger partial charge in [0.05, 0.1) is 11.9 Å². The normalized spacial score (nSPS) is 27.5. The highest BCUT2D eigenvalue weighted by molar-refractivity contribution is 7.89. The van der Waals surface area contributed by atoms with Crippen molar-refractivity contribution in [3.8, 4) is 0 Å². The fourth-order valence-corrected chi connectivity index (χ4v) is 8.90. The third-order valence-electron chi connectivity index (χ3n) is 9.41. The first-order valence-corrected chi connectivity index (χ1v) is 17.3. The molecule has 0 aliphatic carbocycles. The molecule has 2 bridgehead atoms. The van der Waals surface area contributed by atoms with E-state index in [1.807, 2.05) is 6.92 Å². The van der Waals surface area contributed by atoms with Crippen molar-refractivity contribution in [2.45, 2.75) is 82.0 Å². The lowest BCUT2D eigenvalue weighted by Crippen LogP contribution is -2.57. The van der Waals surface area contributed by atoms with Gasteiger partial charge in [0.15, 0.2) is 0 Å². The van der Waals surface area contributed by atoms with Crippen molar-refractivity contribution in [2.75, 3.05) is 30.8 Å². The maximum Gasteiger partial charge on any atom is 0.405 e. The van der Waals surface area contributed by atoms with Gasteiger partial charge in [0.25, 0.3) is 0 Å². The maximum atomic E-state index is 15.3. The van der Waals surface area contributed by atoms with Gasteiger partial charge >= 0.3 is 6.09 Å². The molecular weight excluding hydrogens is 606 g/mol. The Kier molecular flexibility index (Phi) is 10.7. The molecule has 45 heavy (non-hydrogen) atoms. The Balaban J connectivity index is 1.40. The predicted molar refractivity (Wildman–Crippen MR) is 166 cm³/mol. The standard InChI is InChI=1S/C32H42F2N4O6S/c1-2-25-17-21(14-15-44-25)29(20-8-10-22(33)11-9-20)30(37-32(40)41)31(39)36-28-7-3-6-27(34)26(28)13-12-24-18-35-23-5-4-16-45(42,43)38(24)19-23/h3,6-11,21,23-25,29-30,35,37H,2,4-5,12-19H2,1H3,(H,36,39)(H,40,41)/t21-,23+,24-,25-,29?,30?/m0/s1. The first-order valence-electron chi connectivity index (χ1n) is 15.7. The zero-order chi connectivity index (χ0) is 32.1. The van der Waals surface area contributed by atoms with Crippen molar-refractivity contribution in [3.05, 3.63) is 65.2 Å². The van der Waals surface area contributed by atoms with Gasteiger partial charge in [0.2, 0.25) is 15.9 Å². The summed E-state index contributed by atoms with van der Waals surface area (Å²) in [7, 11) is -3.43. The fourth-order valence-electron chi connectivity index (χ4n) is 7.09. The molecule has 10 nitrogen and oxygen atoms in total. The molecule has 3 saturated heterocycles. The Hall–Kier alpha value is -3.13. The molecule has 3 unspecified atom stereocenters. The van der Waals surface area contributed by atoms with E-state index in [0.29, 0.717) is 50.9 Å². The number of benzene rings is 2. The monoisotopic (exact) mass is 648 g/mol. The number of nitrogens with zero attached hydrogens (tertiary/aromatic N) is 1. The lowest BCUT2D eigenvalue weighted by atomic mass is 9.74. The molecule has 0 saturated carbocycles. The molecule has 3 heterocycles. The van der Waals surface area contributed by atoms with Gasteiger partial charge < -0.3 is 25.8 Å². The molecule has 0 radical (unpaired) electrons. The lowest BCUT2D eigenvalue weighted by molar-refractivity contribution is -0.119. The first-order chi connectivity index (χ1) is 21.6. The minimum absolute atomic E-state index is 0.0624. The van der Waals surface area contributed by atoms with E-state index in [2.05, 4.69) is 16.0 Å². The number of carbonyl (C=O) groups excluding carboxylic acids is 1. The largest absolute Gasteiger partial charge is 0.465 e. The second-order valence-corrected chi connectivity index (χ2v) is 14.3. The smallest absolute Gasteiger partial charge is 0.405 e. The molecule has 246 valence electrons. The van der Waals surface area contributed by atoms with E-state index in [9.17, 15) is 27.5 Å². The maximum absolute atomic E-state index is 15.3. The van der Waals surface area contributed by atoms with Gasteiger partial charge in [-0.3, -0.25) is 4.79 Å². The number of fused-ring (bicyclic) bond motifs is 2. The zero-order valence-electron chi connectivity index (χ0n) is 25.4. The van der Waals surface area contributed by atoms with Crippen LogP contribution in [-0.4, -0.2) is 79.5 Å². The first kappa shape index (κ1) is 33.2. The van der Waals surface area contributed by atoms with Crippen molar-refractivity contribution in [3.63, 3.8) is 0 Å². The fraction of sp³-hybridized carbons (Fsp3) is 0.562. The van der Waals surface area contributed by atoms with E-state index in [-0.39, 0.29) is 47.5 Å². The van der Waals surface area contributed by atoms with Crippen molar-refractivity contribution in [1.82, 2.24) is 14.9 Å². The predicted octanol–water partition coefficient (Wildman–Crippen LogP) is 4.23. The van der Waals surface area contributed by atoms with Crippen LogP contribution in [0.2, 0.25) is 0 Å². The van der Waals surface area contributed by atoms with Crippen LogP contribution in [0.5, 0.6) is 0 Å². The highest BCUT2D eigenvalue weighted by Crippen LogP contribution is 2.38. The molecule has 4 N–H and O–H groups in total. The lowest BCUT2D eigenvalue weighted by Gasteiger charge is -2.38. The van der Waals surface area contributed by atoms with Gasteiger partial charge in [-0.25, -0.2) is 22.0 Å². The zero-order valence-corrected chi connectivity index (χ0v) is 26.2. The number of sulfonamides is 1. The number of carbonyl (C=O) groups is 2. The third-order valence-corrected chi connectivity index (χ3v) is 11.4. The summed E-state index contributed by atoms with van der Waals surface area (Å²) in [6.45, 7) is 3.27. The van der Waals surface area contributed by atoms with Crippen LogP contribution in [0.25, 0.3) is 0 Å². The van der Waals surface area contributed by atoms with Crippen LogP contribution < -0.4 is 16.0 Å². The molecule has 5 rings (SSSR count). The van der Waals surface area contributed by atoms with Crippen molar-refractivity contribution >= 4 is 27.7 Å². The molecule has 7 atom stereocenters. The molecule has 13 heteroatoms. The average Bonchev–Trinajstić information content (AvgIpc) is 3.13. The number of halogens is 2. The van der Waals surface area contributed by atoms with E-state index >= 15 is 4.39 Å². The number of amides is 2. The summed E-state index contributed by atoms with van der Waals surface area (Å²) in [5, 5.41) is 18.4. The van der Waals surface area contributed by atoms with Crippen molar-refractivity contribution < 1.29 is 36.6 Å². The minimum atomic E-state index is -3.43. The van der Waals surface area contributed by atoms with Crippen LogP contribution in [0.4, 0.5) is 19.3 Å². The molecule has 2 amide bonds. The molecule has 2 aromatic carbocycles. The highest BCUT2D eigenvalue weighted by Gasteiger charge is 2.40. The van der Waals surface area contributed by atoms with Crippen LogP contribution in [0, 0.1) is 17.6 Å². The summed E-state index contributed by atoms with van der Waals surface area (Å²) >= 11 is 0. The number of anilines is 1. The minimum Gasteiger partial charge on any atom is -0.465 e. The summed E-state index contributed by atoms with van der Waals surface area (Å²) in [6, 6.07) is 8.45. The molecule has 3 fully saturated rings. The highest BCUT2D eigenvalue weighted by atomic mass is 32.2. The van der Waals surface area contributed by atoms with E-state index in [1.165, 1.54) is 28.6 Å². The third kappa shape index (κ3) is 8.00. The quantitative estimate of drug-likeness (QED) is 0.303. The SMILES string of the molecule is CC[C@H]1C[C@@H](C(c2ccc(F)cc2)C(NC(=O)O)C(=O)Nc2cccc(F)c2CC[C@H]2CN[C@@H]3CCCS(=O)(=O)N2C3)CCO1. The van der Waals surface area contributed by atoms with Gasteiger partial charge in [0, 0.05) is 48.9 Å². The second kappa shape index (κ2) is 14.5. The molecule has 0 spiro atoms. The topological polar surface area (TPSA) is 137 Å². The van der Waals surface area contributed by atoms with Crippen LogP contribution >= 0.6 is 0 Å². The van der Waals surface area contributed by atoms with Crippen LogP contribution in [0.3, 0.4) is 0 Å². The number of hydrogen-bond acceptors (Lipinski definition) is 6. The number of ether oxygens (including phenoxy) is 1. The van der Waals surface area contributed by atoms with Crippen LogP contribution in [0.1, 0.15) is 62.5 Å². The van der Waals surface area contributed by atoms with Gasteiger partial charge in [0.1, 0.15) is 17.7 Å². The molecular formula is C32H42F2N4O6S. The second-order valence-electron chi connectivity index (χ2n) is 12.3. The summed E-state index contributed by atoms with van der Waals surface area (Å²) in [6.07, 6.45) is 2.30. The van der Waals surface area contributed by atoms with Crippen LogP contribution in [0.15, 0.2) is 42.5 Å². The van der Waals surface area contributed by atoms with Crippen molar-refractivity contribution in [2.24, 2.45) is 5.92 Å². The Morgan fingerprint density at radius 1 is 1.16 bits per heavy atom. The van der Waals surface area contributed by atoms with Gasteiger partial charge in [-0.15, -0.1) is 0 Å². The van der Waals surface area contributed by atoms with E-state index < -0.39 is 45.6 Å². The molecule has 2 aromatic rings. The van der Waals surface area contributed by atoms with Gasteiger partial charge in [-0.1, -0.05) is 25.1 Å². The Morgan fingerprint density at radius 2 is 1.93 bits per heavy atom. The number of hydrogen-bond donors (Lipinski definition) is 4. The van der Waals surface area contributed by atoms with Gasteiger partial charge in [-0.05, 0) is 80.7 Å².